The average Bonchev–Trinajstić information content (AvgIpc) is 1.59. The van der Waals surface area contributed by atoms with E-state index in [2.05, 4.69) is 45.0 Å². The first-order chi connectivity index (χ1) is 51.1. The number of carbonyl (C=O) groups excluding carboxylic acids is 5. The largest absolute Gasteiger partial charge is 0.513 e. The van der Waals surface area contributed by atoms with E-state index in [0.717, 1.165) is 111 Å². The summed E-state index contributed by atoms with van der Waals surface area (Å²) in [6, 6.07) is 20.5. The molecule has 0 spiro atoms. The number of aliphatic hydroxyl groups is 1. The number of nitrogens with one attached hydrogen (secondary N) is 4. The number of benzene rings is 3. The van der Waals surface area contributed by atoms with E-state index >= 15 is 0 Å². The van der Waals surface area contributed by atoms with Crippen molar-refractivity contribution in [3.8, 4) is 0 Å². The van der Waals surface area contributed by atoms with Crippen molar-refractivity contribution >= 4 is 73.2 Å². The van der Waals surface area contributed by atoms with E-state index in [9.17, 15) is 62.4 Å². The minimum Gasteiger partial charge on any atom is -0.513 e. The molecule has 5 fully saturated rings. The molecule has 6 aliphatic heterocycles. The molecule has 4 saturated heterocycles. The molecule has 16 N–H and O–H groups in total. The molecule has 1 aromatic heterocycles. The summed E-state index contributed by atoms with van der Waals surface area (Å²) < 4.78 is 47.2. The van der Waals surface area contributed by atoms with Crippen LogP contribution in [0.2, 0.25) is 23.3 Å². The smallest absolute Gasteiger partial charge is 0.458 e. The number of ketones is 5. The fraction of sp³-hybridized carbons (Fsp3) is 0.592. The Balaban J connectivity index is 0.000000165. The highest BCUT2D eigenvalue weighted by Gasteiger charge is 2.52. The Morgan fingerprint density at radius 1 is 0.626 bits per heavy atom. The van der Waals surface area contributed by atoms with Crippen molar-refractivity contribution in [2.24, 2.45) is 17.2 Å². The van der Waals surface area contributed by atoms with Crippen molar-refractivity contribution < 1.29 is 86.1 Å². The van der Waals surface area contributed by atoms with Gasteiger partial charge in [-0.2, -0.15) is 0 Å². The molecule has 2 unspecified atom stereocenters. The van der Waals surface area contributed by atoms with Gasteiger partial charge in [0.25, 0.3) is 0 Å². The lowest BCUT2D eigenvalue weighted by molar-refractivity contribution is -0.139. The number of carboxylic acid groups (broad SMARTS) is 1. The van der Waals surface area contributed by atoms with Crippen LogP contribution in [0, 0.1) is 0 Å². The van der Waals surface area contributed by atoms with Crippen LogP contribution in [0.4, 0.5) is 0 Å². The first kappa shape index (κ1) is 84.8. The number of pyridine rings is 1. The van der Waals surface area contributed by atoms with Crippen molar-refractivity contribution in [1.29, 1.82) is 0 Å². The molecular weight excluding hydrogens is 1390 g/mol. The van der Waals surface area contributed by atoms with Crippen LogP contribution in [0.1, 0.15) is 214 Å². The number of nitrogens with two attached hydrogens (primary N) is 3. The van der Waals surface area contributed by atoms with Crippen LogP contribution in [0.25, 0.3) is 0 Å². The number of carboxylic acids is 1. The highest BCUT2D eigenvalue weighted by molar-refractivity contribution is 7.90. The molecule has 10 atom stereocenters. The van der Waals surface area contributed by atoms with Gasteiger partial charge in [-0.15, -0.1) is 0 Å². The molecular formula is C76H110B4N8O18S. The molecule has 0 amide bonds. The highest BCUT2D eigenvalue weighted by Crippen LogP contribution is 2.51. The first-order valence-corrected chi connectivity index (χ1v) is 39.9. The van der Waals surface area contributed by atoms with Gasteiger partial charge in [0, 0.05) is 156 Å². The monoisotopic (exact) mass is 1500 g/mol. The molecule has 26 nitrogen and oxygen atoms in total. The number of aliphatic carboxylic acids is 1. The second kappa shape index (κ2) is 40.1. The van der Waals surface area contributed by atoms with Crippen LogP contribution >= 0.6 is 0 Å². The molecule has 4 aromatic rings. The number of sulfone groups is 1. The summed E-state index contributed by atoms with van der Waals surface area (Å²) in [5, 5.41) is 72.4. The second-order valence-corrected chi connectivity index (χ2v) is 32.7. The van der Waals surface area contributed by atoms with Crippen LogP contribution in [-0.2, 0) is 116 Å². The van der Waals surface area contributed by atoms with Crippen LogP contribution < -0.4 is 38.5 Å². The summed E-state index contributed by atoms with van der Waals surface area (Å²) in [6.07, 6.45) is 12.8. The number of likely N-dealkylation sites (N-methyl/N-ethyl adjacent to an activating group) is 1. The van der Waals surface area contributed by atoms with Gasteiger partial charge in [-0.25, -0.2) is 8.42 Å². The Morgan fingerprint density at radius 3 is 1.81 bits per heavy atom. The van der Waals surface area contributed by atoms with Crippen LogP contribution in [0.5, 0.6) is 0 Å². The van der Waals surface area contributed by atoms with Crippen LogP contribution in [0.3, 0.4) is 0 Å². The minimum atomic E-state index is -3.35. The molecule has 107 heavy (non-hydrogen) atoms. The minimum absolute atomic E-state index is 0.00868. The molecule has 7 heterocycles. The van der Waals surface area contributed by atoms with E-state index in [4.69, 9.17) is 40.9 Å². The van der Waals surface area contributed by atoms with E-state index in [0.29, 0.717) is 95.2 Å². The molecule has 0 bridgehead atoms. The van der Waals surface area contributed by atoms with Crippen molar-refractivity contribution in [3.63, 3.8) is 0 Å². The van der Waals surface area contributed by atoms with E-state index in [1.807, 2.05) is 55.6 Å². The Kier molecular flexibility index (Phi) is 31.8. The number of carbonyl (C=O) groups is 6. The summed E-state index contributed by atoms with van der Waals surface area (Å²) >= 11 is 0. The third-order valence-corrected chi connectivity index (χ3v) is 23.7. The summed E-state index contributed by atoms with van der Waals surface area (Å²) in [7, 11) is -5.62. The molecule has 8 aliphatic rings. The molecule has 0 radical (unpaired) electrons. The number of aromatic nitrogens is 1. The van der Waals surface area contributed by atoms with Gasteiger partial charge in [0.1, 0.15) is 23.1 Å². The van der Waals surface area contributed by atoms with Gasteiger partial charge < -0.3 is 87.4 Å². The highest BCUT2D eigenvalue weighted by atomic mass is 32.2. The fourth-order valence-electron chi connectivity index (χ4n) is 16.1. The lowest BCUT2D eigenvalue weighted by atomic mass is 9.64. The SMILES string of the molecule is C=C(O)C[C@H]1CCCC[C@H](CC(=O)C2(c3cnc(CN)c(CN)c3)CC2)B(O)O1.CC(=O)C[C@@H]1CC[C@H](CC(=O)c2ccc3c(c2)CC(NCN)C3)B(O)O1.CC(=O)C[C@@H]1CC[C@H](CS(=O)(=O)Cc2ccc3c(c2)CNC3)B(O)O1.CNCC1NCc2cc(CC(=O)C[C@H]3CC[C@@H](CC(=O)O)OB3O)ccc21. The number of nitrogens with zero attached hydrogens (tertiary/aromatic N) is 1. The van der Waals surface area contributed by atoms with Gasteiger partial charge in [0.2, 0.25) is 0 Å². The summed E-state index contributed by atoms with van der Waals surface area (Å²) in [6.45, 7) is 10.9. The normalized spacial score (nSPS) is 24.3. The van der Waals surface area contributed by atoms with Crippen molar-refractivity contribution in [2.45, 2.75) is 259 Å². The van der Waals surface area contributed by atoms with Gasteiger partial charge in [0.15, 0.2) is 15.6 Å². The maximum absolute atomic E-state index is 13.2. The lowest BCUT2D eigenvalue weighted by Crippen LogP contribution is -2.39. The number of fused-ring (bicyclic) bond motifs is 3. The molecule has 12 rings (SSSR count). The van der Waals surface area contributed by atoms with Gasteiger partial charge in [-0.05, 0) is 153 Å². The molecule has 1 saturated carbocycles. The Hall–Kier alpha value is -6.22. The summed E-state index contributed by atoms with van der Waals surface area (Å²) in [5.41, 5.74) is 28.9. The number of rotatable bonds is 29. The molecule has 580 valence electrons. The van der Waals surface area contributed by atoms with E-state index in [-0.39, 0.29) is 114 Å². The van der Waals surface area contributed by atoms with Crippen LogP contribution in [-0.4, -0.2) is 164 Å². The first-order valence-electron chi connectivity index (χ1n) is 38.1. The zero-order chi connectivity index (χ0) is 77.1. The molecule has 3 aromatic carbocycles. The quantitative estimate of drug-likeness (QED) is 0.0133. The lowest BCUT2D eigenvalue weighted by Gasteiger charge is -2.30. The Bertz CT molecular complexity index is 3860. The zero-order valence-corrected chi connectivity index (χ0v) is 63.0. The number of Topliss-reactive ketones (excluding diaryl/α,β-unsaturated/α-hetero) is 5. The van der Waals surface area contributed by atoms with Crippen molar-refractivity contribution in [2.75, 3.05) is 26.0 Å². The van der Waals surface area contributed by atoms with Crippen molar-refractivity contribution in [3.05, 3.63) is 146 Å². The molecule has 31 heteroatoms. The van der Waals surface area contributed by atoms with Gasteiger partial charge in [-0.1, -0.05) is 80.4 Å². The number of hydrogen-bond acceptors (Lipinski definition) is 25. The standard InChI is InChI=1S/C21H32BN3O4.C19H27BN2O5.C19H27BN2O4.C17H24BNO5S/c1-14(26)8-18-5-3-2-4-17(22(28)29-18)10-20(27)21(6-7-21)16-9-15(11-23)19(12-24)25-13-16;1-21-11-18-17-5-2-12(6-13(17)10-22-18)7-15(23)8-14-3-4-16(9-19(24)25)27-20(14)26;1-12(23)6-18-5-4-16(20(25)26-18)10-19(24)14-3-2-13-8-17(22-11-21)9-15(13)7-14;1-12(20)6-17-5-4-16(18(21)24-17)11-25(22,23)10-13-2-3-14-8-19-9-15(14)7-13/h9,13,17-18,26,28H,1-8,10-12,23-24H2;2,5-6,14,16,18,21-22,26H,3-4,7-11H2,1H3,(H,24,25);2-3,7,16-18,22,25H,4-6,8-11,21H2,1H3;2-3,7,16-17,19,21H,4-6,8-11H2,1H3/t17-,18-;14-,16+,18?;16-,17?,18+;16-,17+/m1111/s1. The summed E-state index contributed by atoms with van der Waals surface area (Å²) in [5.74, 6) is -1.91. The fourth-order valence-corrected chi connectivity index (χ4v) is 17.9. The van der Waals surface area contributed by atoms with Crippen molar-refractivity contribution in [1.82, 2.24) is 26.3 Å². The number of hydrogen-bond donors (Lipinski definition) is 13. The third kappa shape index (κ3) is 24.9. The maximum Gasteiger partial charge on any atom is 0.458 e. The average molecular weight is 1500 g/mol. The topological polar surface area (TPSA) is 434 Å². The molecule has 2 aliphatic carbocycles. The van der Waals surface area contributed by atoms with E-state index < -0.39 is 61.6 Å². The Morgan fingerprint density at radius 2 is 1.21 bits per heavy atom. The zero-order valence-electron chi connectivity index (χ0n) is 62.2. The predicted octanol–water partition coefficient (Wildman–Crippen LogP) is 5.77. The second-order valence-electron chi connectivity index (χ2n) is 30.6. The van der Waals surface area contributed by atoms with E-state index in [1.54, 1.807) is 6.20 Å². The van der Waals surface area contributed by atoms with Gasteiger partial charge >= 0.3 is 34.4 Å². The third-order valence-electron chi connectivity index (χ3n) is 22.0. The Labute approximate surface area is 630 Å². The summed E-state index contributed by atoms with van der Waals surface area (Å²) in [4.78, 5) is 75.9. The predicted molar refractivity (Wildman–Crippen MR) is 409 cm³/mol. The van der Waals surface area contributed by atoms with Gasteiger partial charge in [0.05, 0.1) is 40.9 Å². The van der Waals surface area contributed by atoms with Gasteiger partial charge in [-0.3, -0.25) is 33.8 Å². The number of aliphatic hydroxyl groups excluding tert-OH is 1. The van der Waals surface area contributed by atoms with E-state index in [1.165, 1.54) is 41.7 Å². The van der Waals surface area contributed by atoms with Crippen LogP contribution in [0.15, 0.2) is 79.2 Å². The maximum atomic E-state index is 13.2.